The second kappa shape index (κ2) is 12.8. The van der Waals surface area contributed by atoms with E-state index in [2.05, 4.69) is 10.3 Å². The summed E-state index contributed by atoms with van der Waals surface area (Å²) in [5.74, 6) is -4.22. The average molecular weight is 654 g/mol. The Morgan fingerprint density at radius 3 is 2.30 bits per heavy atom. The third-order valence-electron chi connectivity index (χ3n) is 8.67. The zero-order chi connectivity index (χ0) is 31.8. The Morgan fingerprint density at radius 2 is 1.73 bits per heavy atom. The smallest absolute Gasteiger partial charge is 0.276 e. The van der Waals surface area contributed by atoms with Crippen LogP contribution >= 0.6 is 11.6 Å². The molecule has 44 heavy (non-hydrogen) atoms. The zero-order valence-corrected chi connectivity index (χ0v) is 26.0. The summed E-state index contributed by atoms with van der Waals surface area (Å²) in [6, 6.07) is 7.57. The number of sulfonamides is 1. The number of hydrogen-bond acceptors (Lipinski definition) is 8. The quantitative estimate of drug-likeness (QED) is 0.367. The molecule has 2 aliphatic heterocycles. The summed E-state index contributed by atoms with van der Waals surface area (Å²) in [7, 11) is -3.82. The van der Waals surface area contributed by atoms with Crippen LogP contribution in [0.25, 0.3) is 0 Å². The largest absolute Gasteiger partial charge is 0.354 e. The van der Waals surface area contributed by atoms with Gasteiger partial charge in [-0.2, -0.15) is 4.31 Å². The van der Waals surface area contributed by atoms with Crippen molar-refractivity contribution < 1.29 is 26.8 Å². The topological polar surface area (TPSA) is 155 Å². The van der Waals surface area contributed by atoms with Gasteiger partial charge in [0.15, 0.2) is 0 Å². The lowest BCUT2D eigenvalue weighted by Crippen LogP contribution is -2.49. The van der Waals surface area contributed by atoms with Crippen molar-refractivity contribution in [2.45, 2.75) is 68.0 Å². The van der Waals surface area contributed by atoms with Crippen LogP contribution in [0.1, 0.15) is 44.6 Å². The van der Waals surface area contributed by atoms with Gasteiger partial charge in [-0.1, -0.05) is 11.6 Å². The summed E-state index contributed by atoms with van der Waals surface area (Å²) < 4.78 is 59.5. The number of halogens is 3. The summed E-state index contributed by atoms with van der Waals surface area (Å²) in [5.41, 5.74) is 11.8. The molecule has 0 bridgehead atoms. The predicted octanol–water partition coefficient (Wildman–Crippen LogP) is 2.42. The molecule has 2 atom stereocenters. The minimum absolute atomic E-state index is 0.0670. The Kier molecular flexibility index (Phi) is 9.47. The molecule has 1 aliphatic carbocycles. The van der Waals surface area contributed by atoms with Crippen LogP contribution in [-0.2, 0) is 25.5 Å². The first-order valence-corrected chi connectivity index (χ1v) is 16.6. The number of rotatable bonds is 8. The van der Waals surface area contributed by atoms with E-state index in [-0.39, 0.29) is 90.8 Å². The van der Waals surface area contributed by atoms with Gasteiger partial charge in [-0.05, 0) is 69.0 Å². The maximum atomic E-state index is 15.7. The van der Waals surface area contributed by atoms with Gasteiger partial charge in [-0.25, -0.2) is 22.2 Å². The van der Waals surface area contributed by atoms with Crippen molar-refractivity contribution in [3.8, 4) is 0 Å². The molecule has 0 spiro atoms. The number of benzene rings is 1. The van der Waals surface area contributed by atoms with Crippen molar-refractivity contribution >= 4 is 44.9 Å². The summed E-state index contributed by atoms with van der Waals surface area (Å²) in [4.78, 5) is 31.7. The second-order valence-corrected chi connectivity index (χ2v) is 14.2. The molecule has 2 amide bonds. The highest BCUT2D eigenvalue weighted by Gasteiger charge is 2.44. The van der Waals surface area contributed by atoms with Crippen LogP contribution in [0, 0.1) is 5.92 Å². The second-order valence-electron chi connectivity index (χ2n) is 11.9. The van der Waals surface area contributed by atoms with Crippen LogP contribution in [0.2, 0.25) is 5.15 Å². The first-order valence-electron chi connectivity index (χ1n) is 14.8. The van der Waals surface area contributed by atoms with E-state index in [1.54, 1.807) is 28.9 Å². The van der Waals surface area contributed by atoms with Gasteiger partial charge in [0, 0.05) is 68.4 Å². The molecule has 1 aromatic heterocycles. The maximum absolute atomic E-state index is 15.7. The molecule has 1 unspecified atom stereocenters. The molecule has 0 radical (unpaired) electrons. The Hall–Kier alpha value is -2.91. The third kappa shape index (κ3) is 6.84. The highest BCUT2D eigenvalue weighted by Crippen LogP contribution is 2.45. The molecule has 15 heteroatoms. The summed E-state index contributed by atoms with van der Waals surface area (Å²) in [6.07, 6.45) is 1.56. The lowest BCUT2D eigenvalue weighted by Gasteiger charge is -2.36. The van der Waals surface area contributed by atoms with Crippen LogP contribution in [0.5, 0.6) is 0 Å². The number of aromatic nitrogens is 1. The van der Waals surface area contributed by atoms with Crippen LogP contribution in [0.3, 0.4) is 0 Å². The molecule has 2 aromatic rings. The van der Waals surface area contributed by atoms with Crippen molar-refractivity contribution in [1.29, 1.82) is 0 Å². The number of alkyl halides is 2. The van der Waals surface area contributed by atoms with Crippen LogP contribution in [0.15, 0.2) is 41.3 Å². The SMILES string of the molecule is CC(N)C(=O)N[C@H]1CC[C@H](C(F)(F)c2cc(Cl)nc(N3CCN(S(=O)(=O)c4ccc(N5C[C@H](N)CC5=O)cc4)CC3)c2)CC1. The molecule has 1 aromatic carbocycles. The lowest BCUT2D eigenvalue weighted by atomic mass is 9.80. The van der Waals surface area contributed by atoms with E-state index in [1.807, 2.05) is 0 Å². The number of piperazine rings is 1. The van der Waals surface area contributed by atoms with E-state index >= 15 is 8.78 Å². The summed E-state index contributed by atoms with van der Waals surface area (Å²) in [5, 5.41) is 2.75. The van der Waals surface area contributed by atoms with Crippen LogP contribution < -0.4 is 26.6 Å². The van der Waals surface area contributed by atoms with Crippen molar-refractivity contribution in [2.24, 2.45) is 17.4 Å². The predicted molar refractivity (Wildman–Crippen MR) is 163 cm³/mol. The van der Waals surface area contributed by atoms with Gasteiger partial charge in [-0.3, -0.25) is 9.59 Å². The molecule has 5 N–H and O–H groups in total. The molecule has 1 saturated carbocycles. The fourth-order valence-corrected chi connectivity index (χ4v) is 7.72. The van der Waals surface area contributed by atoms with E-state index in [0.29, 0.717) is 25.1 Å². The van der Waals surface area contributed by atoms with Gasteiger partial charge in [0.05, 0.1) is 10.9 Å². The van der Waals surface area contributed by atoms with Gasteiger partial charge in [0.1, 0.15) is 11.0 Å². The van der Waals surface area contributed by atoms with E-state index in [9.17, 15) is 18.0 Å². The van der Waals surface area contributed by atoms with Crippen molar-refractivity contribution in [3.05, 3.63) is 47.1 Å². The third-order valence-corrected chi connectivity index (χ3v) is 10.8. The molecule has 3 aliphatic rings. The van der Waals surface area contributed by atoms with Crippen molar-refractivity contribution in [3.63, 3.8) is 0 Å². The first-order chi connectivity index (χ1) is 20.8. The lowest BCUT2D eigenvalue weighted by molar-refractivity contribution is -0.123. The number of carbonyl (C=O) groups is 2. The zero-order valence-electron chi connectivity index (χ0n) is 24.5. The standard InChI is InChI=1S/C29H38ClF2N7O4S/c1-18(33)28(41)35-22-4-2-19(3-5-22)29(31,32)20-14-25(30)36-26(15-20)37-10-12-38(13-11-37)44(42,43)24-8-6-23(7-9-24)39-17-21(34)16-27(39)40/h6-9,14-15,18-19,21-22H,2-5,10-13,16-17,33-34H2,1H3,(H,35,41)/t18?,19-,21-,22-/m1/s1. The summed E-state index contributed by atoms with van der Waals surface area (Å²) in [6.45, 7) is 2.68. The number of anilines is 2. The normalized spacial score (nSPS) is 24.4. The Bertz CT molecular complexity index is 1480. The average Bonchev–Trinajstić information content (AvgIpc) is 3.34. The molecule has 240 valence electrons. The molecule has 3 heterocycles. The minimum Gasteiger partial charge on any atom is -0.354 e. The monoisotopic (exact) mass is 653 g/mol. The number of carbonyl (C=O) groups excluding carboxylic acids is 2. The Morgan fingerprint density at radius 1 is 1.09 bits per heavy atom. The molecular weight excluding hydrogens is 616 g/mol. The van der Waals surface area contributed by atoms with Crippen molar-refractivity contribution in [2.75, 3.05) is 42.5 Å². The van der Waals surface area contributed by atoms with Crippen LogP contribution in [0.4, 0.5) is 20.3 Å². The van der Waals surface area contributed by atoms with E-state index in [1.165, 1.54) is 28.6 Å². The van der Waals surface area contributed by atoms with Gasteiger partial charge in [0.25, 0.3) is 5.92 Å². The van der Waals surface area contributed by atoms with Crippen molar-refractivity contribution in [1.82, 2.24) is 14.6 Å². The van der Waals surface area contributed by atoms with Gasteiger partial charge < -0.3 is 26.6 Å². The number of pyridine rings is 1. The number of amides is 2. The van der Waals surface area contributed by atoms with E-state index in [4.69, 9.17) is 23.1 Å². The van der Waals surface area contributed by atoms with Gasteiger partial charge in [0.2, 0.25) is 21.8 Å². The molecule has 3 fully saturated rings. The highest BCUT2D eigenvalue weighted by atomic mass is 35.5. The fraction of sp³-hybridized carbons (Fsp3) is 0.552. The number of hydrogen-bond donors (Lipinski definition) is 3. The summed E-state index contributed by atoms with van der Waals surface area (Å²) >= 11 is 6.21. The van der Waals surface area contributed by atoms with E-state index < -0.39 is 27.9 Å². The van der Waals surface area contributed by atoms with Crippen LogP contribution in [-0.4, -0.2) is 80.4 Å². The number of nitrogens with two attached hydrogens (primary N) is 2. The molecular formula is C29H38ClF2N7O4S. The molecule has 5 rings (SSSR count). The van der Waals surface area contributed by atoms with Gasteiger partial charge in [-0.15, -0.1) is 0 Å². The fourth-order valence-electron chi connectivity index (χ4n) is 6.10. The molecule has 2 saturated heterocycles. The minimum atomic E-state index is -3.82. The number of nitrogens with one attached hydrogen (secondary N) is 1. The van der Waals surface area contributed by atoms with E-state index in [0.717, 1.165) is 0 Å². The Balaban J connectivity index is 1.22. The maximum Gasteiger partial charge on any atom is 0.276 e. The highest BCUT2D eigenvalue weighted by molar-refractivity contribution is 7.89. The van der Waals surface area contributed by atoms with Gasteiger partial charge >= 0.3 is 0 Å². The Labute approximate surface area is 260 Å². The number of nitrogens with zero attached hydrogens (tertiary/aromatic N) is 4. The first kappa shape index (κ1) is 32.5. The molecule has 11 nitrogen and oxygen atoms in total.